The molecule has 0 fully saturated rings. The predicted molar refractivity (Wildman–Crippen MR) is 100 cm³/mol. The number of benzene rings is 2. The van der Waals surface area contributed by atoms with E-state index in [2.05, 4.69) is 15.6 Å². The SMILES string of the molecule is CCNC(=O)c1ccc(C)c(NC(=O)c2cc3cc(Cl)ccc3[nH]2)c1. The zero-order valence-corrected chi connectivity index (χ0v) is 14.7. The van der Waals surface area contributed by atoms with E-state index < -0.39 is 0 Å². The first-order valence-electron chi connectivity index (χ1n) is 7.96. The second-order valence-corrected chi connectivity index (χ2v) is 6.19. The molecule has 0 saturated carbocycles. The molecular formula is C19H18ClN3O2. The van der Waals surface area contributed by atoms with Crippen molar-refractivity contribution in [2.75, 3.05) is 11.9 Å². The first-order chi connectivity index (χ1) is 12.0. The van der Waals surface area contributed by atoms with Crippen LogP contribution in [0, 0.1) is 6.92 Å². The number of aromatic nitrogens is 1. The van der Waals surface area contributed by atoms with Crippen LogP contribution >= 0.6 is 11.6 Å². The van der Waals surface area contributed by atoms with E-state index in [0.717, 1.165) is 16.5 Å². The van der Waals surface area contributed by atoms with E-state index in [1.54, 1.807) is 30.3 Å². The lowest BCUT2D eigenvalue weighted by Gasteiger charge is -2.10. The van der Waals surface area contributed by atoms with Crippen LogP contribution in [0.5, 0.6) is 0 Å². The molecular weight excluding hydrogens is 338 g/mol. The lowest BCUT2D eigenvalue weighted by Crippen LogP contribution is -2.23. The smallest absolute Gasteiger partial charge is 0.272 e. The molecule has 5 nitrogen and oxygen atoms in total. The van der Waals surface area contributed by atoms with Gasteiger partial charge in [-0.2, -0.15) is 0 Å². The number of hydrogen-bond donors (Lipinski definition) is 3. The Hall–Kier alpha value is -2.79. The largest absolute Gasteiger partial charge is 0.352 e. The maximum absolute atomic E-state index is 12.6. The van der Waals surface area contributed by atoms with E-state index in [4.69, 9.17) is 11.6 Å². The number of aryl methyl sites for hydroxylation is 1. The molecule has 3 aromatic rings. The summed E-state index contributed by atoms with van der Waals surface area (Å²) in [5.41, 5.74) is 3.25. The first-order valence-corrected chi connectivity index (χ1v) is 8.34. The van der Waals surface area contributed by atoms with Gasteiger partial charge in [-0.1, -0.05) is 17.7 Å². The van der Waals surface area contributed by atoms with Gasteiger partial charge in [0.15, 0.2) is 0 Å². The van der Waals surface area contributed by atoms with E-state index in [1.807, 2.05) is 26.0 Å². The lowest BCUT2D eigenvalue weighted by molar-refractivity contribution is 0.0954. The molecule has 3 N–H and O–H groups in total. The summed E-state index contributed by atoms with van der Waals surface area (Å²) in [7, 11) is 0. The average molecular weight is 356 g/mol. The second kappa shape index (κ2) is 6.99. The van der Waals surface area contributed by atoms with Gasteiger partial charge in [0.2, 0.25) is 0 Å². The summed E-state index contributed by atoms with van der Waals surface area (Å²) in [5.74, 6) is -0.443. The Bertz CT molecular complexity index is 962. The third-order valence-electron chi connectivity index (χ3n) is 3.91. The number of anilines is 1. The predicted octanol–water partition coefficient (Wildman–Crippen LogP) is 4.13. The normalized spacial score (nSPS) is 10.7. The number of halogens is 1. The number of hydrogen-bond acceptors (Lipinski definition) is 2. The van der Waals surface area contributed by atoms with E-state index in [-0.39, 0.29) is 11.8 Å². The first kappa shape index (κ1) is 17.0. The fourth-order valence-electron chi connectivity index (χ4n) is 2.58. The highest BCUT2D eigenvalue weighted by atomic mass is 35.5. The standard InChI is InChI=1S/C19H18ClN3O2/c1-3-21-18(24)12-5-4-11(2)16(9-12)23-19(25)17-10-13-8-14(20)6-7-15(13)22-17/h4-10,22H,3H2,1-2H3,(H,21,24)(H,23,25). The van der Waals surface area contributed by atoms with Gasteiger partial charge in [0.05, 0.1) is 0 Å². The highest BCUT2D eigenvalue weighted by Gasteiger charge is 2.13. The number of fused-ring (bicyclic) bond motifs is 1. The highest BCUT2D eigenvalue weighted by molar-refractivity contribution is 6.31. The van der Waals surface area contributed by atoms with Crippen LogP contribution in [0.4, 0.5) is 5.69 Å². The van der Waals surface area contributed by atoms with Crippen molar-refractivity contribution in [3.8, 4) is 0 Å². The van der Waals surface area contributed by atoms with Crippen LogP contribution in [0.1, 0.15) is 33.3 Å². The monoisotopic (exact) mass is 355 g/mol. The summed E-state index contributed by atoms with van der Waals surface area (Å²) < 4.78 is 0. The Morgan fingerprint density at radius 2 is 1.88 bits per heavy atom. The minimum atomic E-state index is -0.275. The molecule has 3 rings (SSSR count). The third kappa shape index (κ3) is 3.67. The molecule has 2 aromatic carbocycles. The number of nitrogens with one attached hydrogen (secondary N) is 3. The van der Waals surface area contributed by atoms with Crippen molar-refractivity contribution in [3.05, 3.63) is 64.3 Å². The molecule has 2 amide bonds. The zero-order valence-electron chi connectivity index (χ0n) is 13.9. The summed E-state index contributed by atoms with van der Waals surface area (Å²) >= 11 is 5.98. The summed E-state index contributed by atoms with van der Waals surface area (Å²) in [4.78, 5) is 27.6. The maximum Gasteiger partial charge on any atom is 0.272 e. The minimum Gasteiger partial charge on any atom is -0.352 e. The third-order valence-corrected chi connectivity index (χ3v) is 4.15. The number of H-pyrrole nitrogens is 1. The number of rotatable bonds is 4. The number of carbonyl (C=O) groups is 2. The van der Waals surface area contributed by atoms with Crippen molar-refractivity contribution < 1.29 is 9.59 Å². The van der Waals surface area contributed by atoms with Crippen LogP contribution in [0.2, 0.25) is 5.02 Å². The molecule has 0 spiro atoms. The van der Waals surface area contributed by atoms with Crippen LogP contribution in [-0.4, -0.2) is 23.3 Å². The van der Waals surface area contributed by atoms with Crippen molar-refractivity contribution in [1.29, 1.82) is 0 Å². The van der Waals surface area contributed by atoms with Crippen molar-refractivity contribution in [1.82, 2.24) is 10.3 Å². The van der Waals surface area contributed by atoms with Crippen molar-refractivity contribution in [2.45, 2.75) is 13.8 Å². The zero-order chi connectivity index (χ0) is 18.0. The van der Waals surface area contributed by atoms with Gasteiger partial charge < -0.3 is 15.6 Å². The molecule has 25 heavy (non-hydrogen) atoms. The van der Waals surface area contributed by atoms with Crippen molar-refractivity contribution in [3.63, 3.8) is 0 Å². The van der Waals surface area contributed by atoms with E-state index in [0.29, 0.717) is 28.5 Å². The van der Waals surface area contributed by atoms with Gasteiger partial charge in [0, 0.05) is 33.7 Å². The molecule has 0 atom stereocenters. The van der Waals surface area contributed by atoms with Crippen LogP contribution in [-0.2, 0) is 0 Å². The van der Waals surface area contributed by atoms with Gasteiger partial charge >= 0.3 is 0 Å². The average Bonchev–Trinajstić information content (AvgIpc) is 3.00. The molecule has 0 bridgehead atoms. The molecule has 0 saturated heterocycles. The van der Waals surface area contributed by atoms with Gasteiger partial charge in [-0.3, -0.25) is 9.59 Å². The quantitative estimate of drug-likeness (QED) is 0.658. The Kier molecular flexibility index (Phi) is 4.76. The van der Waals surface area contributed by atoms with E-state index >= 15 is 0 Å². The van der Waals surface area contributed by atoms with Gasteiger partial charge in [-0.25, -0.2) is 0 Å². The van der Waals surface area contributed by atoms with Crippen molar-refractivity contribution in [2.24, 2.45) is 0 Å². The minimum absolute atomic E-state index is 0.168. The van der Waals surface area contributed by atoms with Crippen LogP contribution in [0.25, 0.3) is 10.9 Å². The van der Waals surface area contributed by atoms with Gasteiger partial charge in [-0.05, 0) is 55.8 Å². The van der Waals surface area contributed by atoms with Crippen LogP contribution < -0.4 is 10.6 Å². The Morgan fingerprint density at radius 3 is 2.64 bits per heavy atom. The topological polar surface area (TPSA) is 74.0 Å². The van der Waals surface area contributed by atoms with Gasteiger partial charge in [0.25, 0.3) is 11.8 Å². The van der Waals surface area contributed by atoms with Gasteiger partial charge in [-0.15, -0.1) is 0 Å². The summed E-state index contributed by atoms with van der Waals surface area (Å²) in [6.07, 6.45) is 0. The Balaban J connectivity index is 1.86. The lowest BCUT2D eigenvalue weighted by atomic mass is 10.1. The van der Waals surface area contributed by atoms with Crippen LogP contribution in [0.3, 0.4) is 0 Å². The Morgan fingerprint density at radius 1 is 1.08 bits per heavy atom. The number of aromatic amines is 1. The van der Waals surface area contributed by atoms with Gasteiger partial charge in [0.1, 0.15) is 5.69 Å². The van der Waals surface area contributed by atoms with Crippen molar-refractivity contribution >= 4 is 40.0 Å². The maximum atomic E-state index is 12.6. The van der Waals surface area contributed by atoms with Crippen LogP contribution in [0.15, 0.2) is 42.5 Å². The molecule has 1 heterocycles. The molecule has 0 unspecified atom stereocenters. The van der Waals surface area contributed by atoms with E-state index in [9.17, 15) is 9.59 Å². The fourth-order valence-corrected chi connectivity index (χ4v) is 2.76. The number of carbonyl (C=O) groups excluding carboxylic acids is 2. The fraction of sp³-hybridized carbons (Fsp3) is 0.158. The molecule has 128 valence electrons. The molecule has 0 aliphatic rings. The summed E-state index contributed by atoms with van der Waals surface area (Å²) in [5, 5.41) is 7.08. The Labute approximate surface area is 150 Å². The second-order valence-electron chi connectivity index (χ2n) is 5.76. The highest BCUT2D eigenvalue weighted by Crippen LogP contribution is 2.22. The molecule has 0 aliphatic heterocycles. The summed E-state index contributed by atoms with van der Waals surface area (Å²) in [6, 6.07) is 12.4. The molecule has 0 radical (unpaired) electrons. The molecule has 6 heteroatoms. The van der Waals surface area contributed by atoms with E-state index in [1.165, 1.54) is 0 Å². The molecule has 0 aliphatic carbocycles. The summed E-state index contributed by atoms with van der Waals surface area (Å²) in [6.45, 7) is 4.28. The molecule has 1 aromatic heterocycles. The number of amides is 2.